The minimum absolute atomic E-state index is 0.223. The number of hydrogen-bond donors (Lipinski definition) is 1. The fourth-order valence-electron chi connectivity index (χ4n) is 3.49. The molecule has 0 saturated carbocycles. The number of aryl methyl sites for hydroxylation is 1. The van der Waals surface area contributed by atoms with Gasteiger partial charge in [0.2, 0.25) is 5.91 Å². The van der Waals surface area contributed by atoms with E-state index in [0.717, 1.165) is 33.2 Å². The van der Waals surface area contributed by atoms with Gasteiger partial charge in [0, 0.05) is 34.9 Å². The highest BCUT2D eigenvalue weighted by atomic mass is 16.1. The van der Waals surface area contributed by atoms with E-state index in [9.17, 15) is 10.1 Å². The highest BCUT2D eigenvalue weighted by molar-refractivity contribution is 6.06. The standard InChI is InChI=1S/C28H21N3O/c1-20-11-13-22(14-12-20)25(23-6-2-5-21(17-23)18-29)8-4-10-28(32)31-27-9-3-7-24-19-30-16-15-26(24)27/h2-17,19H,1H3,(H,31,32)/b10-4+,25-8-. The first-order chi connectivity index (χ1) is 15.6. The number of hydrogen-bond acceptors (Lipinski definition) is 3. The van der Waals surface area contributed by atoms with E-state index in [1.807, 2.05) is 79.7 Å². The number of nitriles is 1. The Bertz CT molecular complexity index is 1370. The van der Waals surface area contributed by atoms with Gasteiger partial charge < -0.3 is 5.32 Å². The molecular weight excluding hydrogens is 394 g/mol. The van der Waals surface area contributed by atoms with Crippen molar-refractivity contribution in [3.05, 3.63) is 126 Å². The number of carbonyl (C=O) groups excluding carboxylic acids is 1. The summed E-state index contributed by atoms with van der Waals surface area (Å²) in [6.07, 6.45) is 8.61. The molecule has 0 bridgehead atoms. The van der Waals surface area contributed by atoms with Gasteiger partial charge in [0.25, 0.3) is 0 Å². The molecule has 4 aromatic rings. The molecule has 0 spiro atoms. The van der Waals surface area contributed by atoms with Crippen LogP contribution in [0.5, 0.6) is 0 Å². The van der Waals surface area contributed by atoms with E-state index in [1.54, 1.807) is 24.5 Å². The summed E-state index contributed by atoms with van der Waals surface area (Å²) in [6.45, 7) is 2.04. The number of benzene rings is 3. The summed E-state index contributed by atoms with van der Waals surface area (Å²) in [6, 6.07) is 25.4. The van der Waals surface area contributed by atoms with Gasteiger partial charge in [-0.3, -0.25) is 9.78 Å². The Hall–Kier alpha value is -4.49. The molecule has 3 aromatic carbocycles. The first-order valence-electron chi connectivity index (χ1n) is 10.2. The van der Waals surface area contributed by atoms with Crippen molar-refractivity contribution in [2.75, 3.05) is 5.32 Å². The number of pyridine rings is 1. The molecule has 1 amide bonds. The van der Waals surface area contributed by atoms with E-state index in [4.69, 9.17) is 0 Å². The first-order valence-corrected chi connectivity index (χ1v) is 10.2. The topological polar surface area (TPSA) is 65.8 Å². The van der Waals surface area contributed by atoms with Crippen LogP contribution in [-0.2, 0) is 4.79 Å². The summed E-state index contributed by atoms with van der Waals surface area (Å²) in [7, 11) is 0. The number of anilines is 1. The van der Waals surface area contributed by atoms with Crippen molar-refractivity contribution in [1.82, 2.24) is 4.98 Å². The molecule has 4 heteroatoms. The normalized spacial score (nSPS) is 11.4. The van der Waals surface area contributed by atoms with Crippen LogP contribution in [0.4, 0.5) is 5.69 Å². The highest BCUT2D eigenvalue weighted by Gasteiger charge is 2.06. The van der Waals surface area contributed by atoms with Gasteiger partial charge in [0.05, 0.1) is 11.6 Å². The smallest absolute Gasteiger partial charge is 0.248 e. The Labute approximate surface area is 187 Å². The van der Waals surface area contributed by atoms with Gasteiger partial charge in [-0.05, 0) is 47.9 Å². The number of amides is 1. The van der Waals surface area contributed by atoms with Gasteiger partial charge in [-0.25, -0.2) is 0 Å². The predicted molar refractivity (Wildman–Crippen MR) is 129 cm³/mol. The summed E-state index contributed by atoms with van der Waals surface area (Å²) in [5.74, 6) is -0.223. The average Bonchev–Trinajstić information content (AvgIpc) is 2.83. The van der Waals surface area contributed by atoms with Crippen molar-refractivity contribution in [1.29, 1.82) is 5.26 Å². The third kappa shape index (κ3) is 4.80. The SMILES string of the molecule is Cc1ccc(/C(=C/C=C/C(=O)Nc2cccc3cnccc23)c2cccc(C#N)c2)cc1. The Morgan fingerprint density at radius 1 is 1.00 bits per heavy atom. The summed E-state index contributed by atoms with van der Waals surface area (Å²) < 4.78 is 0. The number of carbonyl (C=O) groups is 1. The number of fused-ring (bicyclic) bond motifs is 1. The molecule has 0 radical (unpaired) electrons. The second-order valence-corrected chi connectivity index (χ2v) is 7.39. The van der Waals surface area contributed by atoms with Gasteiger partial charge >= 0.3 is 0 Å². The lowest BCUT2D eigenvalue weighted by molar-refractivity contribution is -0.111. The fraction of sp³-hybridized carbons (Fsp3) is 0.0357. The lowest BCUT2D eigenvalue weighted by Gasteiger charge is -2.09. The predicted octanol–water partition coefficient (Wildman–Crippen LogP) is 6.04. The summed E-state index contributed by atoms with van der Waals surface area (Å²) in [5.41, 5.74) is 5.36. The zero-order valence-electron chi connectivity index (χ0n) is 17.6. The zero-order chi connectivity index (χ0) is 22.3. The van der Waals surface area contributed by atoms with Gasteiger partial charge in [-0.1, -0.05) is 66.2 Å². The molecule has 4 nitrogen and oxygen atoms in total. The lowest BCUT2D eigenvalue weighted by atomic mass is 9.95. The summed E-state index contributed by atoms with van der Waals surface area (Å²) >= 11 is 0. The van der Waals surface area contributed by atoms with Crippen LogP contribution < -0.4 is 5.32 Å². The molecule has 4 rings (SSSR count). The molecule has 0 atom stereocenters. The van der Waals surface area contributed by atoms with Gasteiger partial charge in [0.1, 0.15) is 0 Å². The molecule has 0 aliphatic rings. The van der Waals surface area contributed by atoms with Crippen molar-refractivity contribution in [2.45, 2.75) is 6.92 Å². The quantitative estimate of drug-likeness (QED) is 0.319. The molecular formula is C28H21N3O. The molecule has 0 saturated heterocycles. The molecule has 154 valence electrons. The minimum Gasteiger partial charge on any atom is -0.322 e. The van der Waals surface area contributed by atoms with Crippen LogP contribution in [0.15, 0.2) is 103 Å². The minimum atomic E-state index is -0.223. The van der Waals surface area contributed by atoms with Crippen LogP contribution in [0, 0.1) is 18.3 Å². The first kappa shape index (κ1) is 20.8. The number of rotatable bonds is 5. The molecule has 1 heterocycles. The molecule has 1 N–H and O–H groups in total. The van der Waals surface area contributed by atoms with Crippen LogP contribution in [0.1, 0.15) is 22.3 Å². The fourth-order valence-corrected chi connectivity index (χ4v) is 3.49. The number of allylic oxidation sites excluding steroid dienone is 2. The van der Waals surface area contributed by atoms with Crippen LogP contribution in [0.2, 0.25) is 0 Å². The van der Waals surface area contributed by atoms with E-state index in [2.05, 4.69) is 16.4 Å². The number of nitrogens with one attached hydrogen (secondary N) is 1. The van der Waals surface area contributed by atoms with Crippen molar-refractivity contribution in [3.8, 4) is 6.07 Å². The van der Waals surface area contributed by atoms with Crippen molar-refractivity contribution >= 4 is 27.9 Å². The molecule has 0 unspecified atom stereocenters. The molecule has 0 aliphatic heterocycles. The van der Waals surface area contributed by atoms with Crippen LogP contribution in [0.3, 0.4) is 0 Å². The van der Waals surface area contributed by atoms with E-state index >= 15 is 0 Å². The van der Waals surface area contributed by atoms with E-state index < -0.39 is 0 Å². The number of aromatic nitrogens is 1. The zero-order valence-corrected chi connectivity index (χ0v) is 17.6. The van der Waals surface area contributed by atoms with Gasteiger partial charge in [-0.2, -0.15) is 5.26 Å². The van der Waals surface area contributed by atoms with Crippen molar-refractivity contribution in [3.63, 3.8) is 0 Å². The molecule has 1 aromatic heterocycles. The maximum absolute atomic E-state index is 12.6. The maximum Gasteiger partial charge on any atom is 0.248 e. The largest absolute Gasteiger partial charge is 0.322 e. The summed E-state index contributed by atoms with van der Waals surface area (Å²) in [4.78, 5) is 16.7. The van der Waals surface area contributed by atoms with Crippen molar-refractivity contribution in [2.24, 2.45) is 0 Å². The van der Waals surface area contributed by atoms with E-state index in [1.165, 1.54) is 11.6 Å². The van der Waals surface area contributed by atoms with Crippen molar-refractivity contribution < 1.29 is 4.79 Å². The Kier molecular flexibility index (Phi) is 6.20. The number of nitrogens with zero attached hydrogens (tertiary/aromatic N) is 2. The third-order valence-corrected chi connectivity index (χ3v) is 5.11. The molecule has 0 fully saturated rings. The van der Waals surface area contributed by atoms with Crippen LogP contribution in [-0.4, -0.2) is 10.9 Å². The van der Waals surface area contributed by atoms with Gasteiger partial charge in [0.15, 0.2) is 0 Å². The monoisotopic (exact) mass is 415 g/mol. The second-order valence-electron chi connectivity index (χ2n) is 7.39. The second kappa shape index (κ2) is 9.55. The molecule has 0 aliphatic carbocycles. The Balaban J connectivity index is 1.62. The highest BCUT2D eigenvalue weighted by Crippen LogP contribution is 2.25. The van der Waals surface area contributed by atoms with Crippen LogP contribution in [0.25, 0.3) is 16.3 Å². The Morgan fingerprint density at radius 2 is 1.81 bits per heavy atom. The average molecular weight is 415 g/mol. The summed E-state index contributed by atoms with van der Waals surface area (Å²) in [5, 5.41) is 14.1. The van der Waals surface area contributed by atoms with Gasteiger partial charge in [-0.15, -0.1) is 0 Å². The van der Waals surface area contributed by atoms with E-state index in [-0.39, 0.29) is 5.91 Å². The van der Waals surface area contributed by atoms with Crippen LogP contribution >= 0.6 is 0 Å². The van der Waals surface area contributed by atoms with E-state index in [0.29, 0.717) is 5.56 Å². The third-order valence-electron chi connectivity index (χ3n) is 5.11. The lowest BCUT2D eigenvalue weighted by Crippen LogP contribution is -2.08. The maximum atomic E-state index is 12.6. The Morgan fingerprint density at radius 3 is 2.62 bits per heavy atom. The molecule has 32 heavy (non-hydrogen) atoms.